The summed E-state index contributed by atoms with van der Waals surface area (Å²) in [6.07, 6.45) is 0.581. The third-order valence-electron chi connectivity index (χ3n) is 5.52. The molecule has 0 radical (unpaired) electrons. The molecule has 0 spiro atoms. The summed E-state index contributed by atoms with van der Waals surface area (Å²) in [6.45, 7) is 0.425. The molecule has 0 saturated carbocycles. The summed E-state index contributed by atoms with van der Waals surface area (Å²) >= 11 is 0. The average Bonchev–Trinajstić information content (AvgIpc) is 3.43. The van der Waals surface area contributed by atoms with Crippen LogP contribution in [-0.4, -0.2) is 36.4 Å². The maximum absolute atomic E-state index is 13.2. The predicted octanol–water partition coefficient (Wildman–Crippen LogP) is 4.33. The summed E-state index contributed by atoms with van der Waals surface area (Å²) in [5.41, 5.74) is 3.35. The van der Waals surface area contributed by atoms with Gasteiger partial charge < -0.3 is 5.32 Å². The monoisotopic (exact) mass is 458 g/mol. The van der Waals surface area contributed by atoms with Gasteiger partial charge in [0, 0.05) is 23.7 Å². The molecule has 0 aliphatic carbocycles. The van der Waals surface area contributed by atoms with Crippen LogP contribution in [0.1, 0.15) is 16.8 Å². The van der Waals surface area contributed by atoms with Gasteiger partial charge in [-0.1, -0.05) is 54.6 Å². The van der Waals surface area contributed by atoms with Gasteiger partial charge in [-0.2, -0.15) is 5.10 Å². The van der Waals surface area contributed by atoms with E-state index in [9.17, 15) is 13.2 Å². The van der Waals surface area contributed by atoms with Gasteiger partial charge in [-0.05, 0) is 36.8 Å². The Labute approximate surface area is 192 Å². The van der Waals surface area contributed by atoms with Gasteiger partial charge in [0.15, 0.2) is 0 Å². The van der Waals surface area contributed by atoms with E-state index in [1.54, 1.807) is 28.9 Å². The maximum atomic E-state index is 13.2. The lowest BCUT2D eigenvalue weighted by molar-refractivity contribution is 0.102. The van der Waals surface area contributed by atoms with Crippen LogP contribution in [0.5, 0.6) is 0 Å². The van der Waals surface area contributed by atoms with Crippen LogP contribution in [0.2, 0.25) is 0 Å². The van der Waals surface area contributed by atoms with Crippen molar-refractivity contribution in [2.45, 2.75) is 6.42 Å². The molecule has 1 saturated heterocycles. The minimum atomic E-state index is -3.32. The molecule has 1 aromatic heterocycles. The van der Waals surface area contributed by atoms with Crippen LogP contribution >= 0.6 is 0 Å². The number of nitrogens with one attached hydrogen (secondary N) is 1. The summed E-state index contributed by atoms with van der Waals surface area (Å²) in [6, 6.07) is 27.8. The summed E-state index contributed by atoms with van der Waals surface area (Å²) in [4.78, 5) is 13.2. The number of carbonyl (C=O) groups is 1. The first-order chi connectivity index (χ1) is 16.0. The fraction of sp³-hybridized carbons (Fsp3) is 0.120. The molecule has 1 N–H and O–H groups in total. The molecule has 4 aromatic rings. The van der Waals surface area contributed by atoms with Gasteiger partial charge in [0.05, 0.1) is 22.8 Å². The fourth-order valence-electron chi connectivity index (χ4n) is 3.91. The Balaban J connectivity index is 1.48. The van der Waals surface area contributed by atoms with E-state index < -0.39 is 10.0 Å². The number of anilines is 2. The molecule has 33 heavy (non-hydrogen) atoms. The predicted molar refractivity (Wildman–Crippen MR) is 129 cm³/mol. The van der Waals surface area contributed by atoms with Gasteiger partial charge in [-0.3, -0.25) is 9.10 Å². The Morgan fingerprint density at radius 3 is 2.24 bits per heavy atom. The van der Waals surface area contributed by atoms with Crippen molar-refractivity contribution >= 4 is 27.4 Å². The Bertz CT molecular complexity index is 1400. The van der Waals surface area contributed by atoms with Crippen molar-refractivity contribution in [2.24, 2.45) is 0 Å². The van der Waals surface area contributed by atoms with Gasteiger partial charge in [0.2, 0.25) is 10.0 Å². The van der Waals surface area contributed by atoms with Crippen molar-refractivity contribution in [3.8, 4) is 16.9 Å². The molecule has 0 unspecified atom stereocenters. The van der Waals surface area contributed by atoms with Crippen LogP contribution in [0.4, 0.5) is 11.5 Å². The third-order valence-corrected chi connectivity index (χ3v) is 7.39. The van der Waals surface area contributed by atoms with Gasteiger partial charge in [0.25, 0.3) is 5.91 Å². The molecule has 2 heterocycles. The first kappa shape index (κ1) is 21.0. The SMILES string of the molecule is O=C(Nc1cc(-c2ccccc2)nn1-c1ccccc1)c1cccc(N2CCCS2(=O)=O)c1. The van der Waals surface area contributed by atoms with E-state index in [2.05, 4.69) is 5.32 Å². The van der Waals surface area contributed by atoms with E-state index in [1.165, 1.54) is 4.31 Å². The highest BCUT2D eigenvalue weighted by molar-refractivity contribution is 7.93. The summed E-state index contributed by atoms with van der Waals surface area (Å²) in [5.74, 6) is 0.302. The summed E-state index contributed by atoms with van der Waals surface area (Å²) < 4.78 is 27.6. The zero-order valence-electron chi connectivity index (χ0n) is 17.8. The minimum absolute atomic E-state index is 0.127. The van der Waals surface area contributed by atoms with E-state index in [0.717, 1.165) is 16.9 Å². The molecule has 1 aliphatic rings. The summed E-state index contributed by atoms with van der Waals surface area (Å²) in [5, 5.41) is 7.66. The highest BCUT2D eigenvalue weighted by Crippen LogP contribution is 2.27. The number of rotatable bonds is 5. The molecule has 7 nitrogen and oxygen atoms in total. The molecular formula is C25H22N4O3S. The first-order valence-corrected chi connectivity index (χ1v) is 12.2. The van der Waals surface area contributed by atoms with Crippen molar-refractivity contribution in [1.82, 2.24) is 9.78 Å². The van der Waals surface area contributed by atoms with E-state index in [1.807, 2.05) is 66.7 Å². The van der Waals surface area contributed by atoms with Crippen LogP contribution in [-0.2, 0) is 10.0 Å². The van der Waals surface area contributed by atoms with Crippen LogP contribution in [0.15, 0.2) is 91.0 Å². The largest absolute Gasteiger partial charge is 0.306 e. The molecule has 166 valence electrons. The maximum Gasteiger partial charge on any atom is 0.256 e. The van der Waals surface area contributed by atoms with Gasteiger partial charge in [-0.25, -0.2) is 13.1 Å². The van der Waals surface area contributed by atoms with Crippen molar-refractivity contribution < 1.29 is 13.2 Å². The standard InChI is InChI=1S/C25H22N4O3S/c30-25(20-11-7-14-22(17-20)28-15-8-16-33(28,31)32)26-24-18-23(19-9-3-1-4-10-19)27-29(24)21-12-5-2-6-13-21/h1-7,9-14,17-18H,8,15-16H2,(H,26,30). The lowest BCUT2D eigenvalue weighted by Crippen LogP contribution is -2.25. The number of amides is 1. The number of sulfonamides is 1. The number of hydrogen-bond donors (Lipinski definition) is 1. The van der Waals surface area contributed by atoms with Gasteiger partial charge >= 0.3 is 0 Å². The summed E-state index contributed by atoms with van der Waals surface area (Å²) in [7, 11) is -3.32. The second-order valence-electron chi connectivity index (χ2n) is 7.77. The average molecular weight is 459 g/mol. The Morgan fingerprint density at radius 1 is 0.848 bits per heavy atom. The molecule has 1 aliphatic heterocycles. The minimum Gasteiger partial charge on any atom is -0.306 e. The second-order valence-corrected chi connectivity index (χ2v) is 9.79. The molecule has 1 fully saturated rings. The van der Waals surface area contributed by atoms with E-state index >= 15 is 0 Å². The Morgan fingerprint density at radius 2 is 1.55 bits per heavy atom. The number of para-hydroxylation sites is 1. The third kappa shape index (κ3) is 4.25. The molecule has 0 bridgehead atoms. The van der Waals surface area contributed by atoms with E-state index in [-0.39, 0.29) is 11.7 Å². The number of carbonyl (C=O) groups excluding carboxylic acids is 1. The Kier molecular flexibility index (Phi) is 5.43. The molecule has 8 heteroatoms. The van der Waals surface area contributed by atoms with Gasteiger partial charge in [0.1, 0.15) is 5.82 Å². The normalized spacial score (nSPS) is 14.8. The number of benzene rings is 3. The molecule has 0 atom stereocenters. The number of hydrogen-bond acceptors (Lipinski definition) is 4. The highest BCUT2D eigenvalue weighted by Gasteiger charge is 2.28. The molecular weight excluding hydrogens is 436 g/mol. The van der Waals surface area contributed by atoms with Crippen molar-refractivity contribution in [1.29, 1.82) is 0 Å². The van der Waals surface area contributed by atoms with E-state index in [4.69, 9.17) is 5.10 Å². The number of aromatic nitrogens is 2. The van der Waals surface area contributed by atoms with Crippen molar-refractivity contribution in [3.05, 3.63) is 96.6 Å². The van der Waals surface area contributed by atoms with Crippen LogP contribution < -0.4 is 9.62 Å². The lowest BCUT2D eigenvalue weighted by Gasteiger charge is -2.17. The number of nitrogens with zero attached hydrogens (tertiary/aromatic N) is 3. The topological polar surface area (TPSA) is 84.3 Å². The van der Waals surface area contributed by atoms with Crippen LogP contribution in [0.3, 0.4) is 0 Å². The fourth-order valence-corrected chi connectivity index (χ4v) is 5.46. The smallest absolute Gasteiger partial charge is 0.256 e. The second kappa shape index (κ2) is 8.55. The lowest BCUT2D eigenvalue weighted by atomic mass is 10.1. The quantitative estimate of drug-likeness (QED) is 0.482. The van der Waals surface area contributed by atoms with Crippen molar-refractivity contribution in [3.63, 3.8) is 0 Å². The zero-order valence-corrected chi connectivity index (χ0v) is 18.6. The molecule has 5 rings (SSSR count). The van der Waals surface area contributed by atoms with E-state index in [0.29, 0.717) is 30.0 Å². The zero-order chi connectivity index (χ0) is 22.8. The van der Waals surface area contributed by atoms with Gasteiger partial charge in [-0.15, -0.1) is 0 Å². The van der Waals surface area contributed by atoms with Crippen LogP contribution in [0.25, 0.3) is 16.9 Å². The first-order valence-electron chi connectivity index (χ1n) is 10.6. The highest BCUT2D eigenvalue weighted by atomic mass is 32.2. The molecule has 3 aromatic carbocycles. The Hall–Kier alpha value is -3.91. The molecule has 1 amide bonds. The van der Waals surface area contributed by atoms with Crippen LogP contribution in [0, 0.1) is 0 Å². The van der Waals surface area contributed by atoms with Crippen molar-refractivity contribution in [2.75, 3.05) is 21.9 Å².